The van der Waals surface area contributed by atoms with Crippen molar-refractivity contribution in [3.63, 3.8) is 0 Å². The molecule has 1 aliphatic carbocycles. The number of likely N-dealkylation sites (N-methyl/N-ethyl adjacent to an activating group) is 1. The van der Waals surface area contributed by atoms with Crippen LogP contribution in [0, 0.1) is 5.92 Å². The van der Waals surface area contributed by atoms with Crippen LogP contribution < -0.4 is 5.32 Å². The Morgan fingerprint density at radius 1 is 1.40 bits per heavy atom. The summed E-state index contributed by atoms with van der Waals surface area (Å²) < 4.78 is 0. The van der Waals surface area contributed by atoms with E-state index >= 15 is 0 Å². The first kappa shape index (κ1) is 11.7. The van der Waals surface area contributed by atoms with E-state index in [1.165, 1.54) is 37.3 Å². The number of rotatable bonds is 6. The highest BCUT2D eigenvalue weighted by Crippen LogP contribution is 2.32. The van der Waals surface area contributed by atoms with Gasteiger partial charge in [-0.15, -0.1) is 0 Å². The van der Waals surface area contributed by atoms with Gasteiger partial charge in [-0.05, 0) is 44.9 Å². The Kier molecular flexibility index (Phi) is 4.35. The van der Waals surface area contributed by atoms with Crippen molar-refractivity contribution in [2.45, 2.75) is 38.3 Å². The van der Waals surface area contributed by atoms with Crippen LogP contribution in [0.15, 0.2) is 0 Å². The van der Waals surface area contributed by atoms with Gasteiger partial charge in [-0.1, -0.05) is 0 Å². The van der Waals surface area contributed by atoms with E-state index in [-0.39, 0.29) is 0 Å². The molecule has 0 spiro atoms. The summed E-state index contributed by atoms with van der Waals surface area (Å²) >= 11 is 2.10. The summed E-state index contributed by atoms with van der Waals surface area (Å²) in [6.07, 6.45) is 4.28. The van der Waals surface area contributed by atoms with Crippen molar-refractivity contribution in [2.75, 3.05) is 31.6 Å². The van der Waals surface area contributed by atoms with Crippen molar-refractivity contribution in [3.8, 4) is 0 Å². The lowest BCUT2D eigenvalue weighted by atomic mass is 10.2. The number of nitrogens with zero attached hydrogens (tertiary/aromatic N) is 1. The molecule has 2 unspecified atom stereocenters. The zero-order chi connectivity index (χ0) is 10.7. The summed E-state index contributed by atoms with van der Waals surface area (Å²) in [5, 5.41) is 3.65. The Bertz CT molecular complexity index is 188. The highest BCUT2D eigenvalue weighted by atomic mass is 32.2. The number of nitrogens with one attached hydrogen (secondary N) is 1. The first-order valence-corrected chi connectivity index (χ1v) is 7.44. The fourth-order valence-corrected chi connectivity index (χ4v) is 3.58. The molecule has 0 aromatic rings. The normalized spacial score (nSPS) is 28.6. The van der Waals surface area contributed by atoms with Crippen LogP contribution in [0.5, 0.6) is 0 Å². The number of hydrogen-bond acceptors (Lipinski definition) is 3. The van der Waals surface area contributed by atoms with Crippen LogP contribution in [0.2, 0.25) is 0 Å². The van der Waals surface area contributed by atoms with Gasteiger partial charge in [0.25, 0.3) is 0 Å². The second-order valence-corrected chi connectivity index (χ2v) is 6.23. The standard InChI is InChI=1S/C12H24N2S/c1-10(11-3-4-11)13-6-7-14(2)12-5-8-15-9-12/h10-13H,3-9H2,1-2H3. The Labute approximate surface area is 98.2 Å². The molecular formula is C12H24N2S. The lowest BCUT2D eigenvalue weighted by Gasteiger charge is -2.24. The molecule has 2 nitrogen and oxygen atoms in total. The fourth-order valence-electron chi connectivity index (χ4n) is 2.28. The lowest BCUT2D eigenvalue weighted by Crippen LogP contribution is -2.39. The van der Waals surface area contributed by atoms with Crippen LogP contribution in [0.25, 0.3) is 0 Å². The molecule has 3 heteroatoms. The molecule has 2 rings (SSSR count). The third-order valence-electron chi connectivity index (χ3n) is 3.79. The largest absolute Gasteiger partial charge is 0.313 e. The minimum Gasteiger partial charge on any atom is -0.313 e. The average molecular weight is 228 g/mol. The highest BCUT2D eigenvalue weighted by molar-refractivity contribution is 7.99. The van der Waals surface area contributed by atoms with Gasteiger partial charge in [0.2, 0.25) is 0 Å². The minimum atomic E-state index is 0.747. The fraction of sp³-hybridized carbons (Fsp3) is 1.00. The Balaban J connectivity index is 1.55. The van der Waals surface area contributed by atoms with Crippen molar-refractivity contribution in [2.24, 2.45) is 5.92 Å². The molecule has 2 fully saturated rings. The molecule has 0 radical (unpaired) electrons. The topological polar surface area (TPSA) is 15.3 Å². The van der Waals surface area contributed by atoms with E-state index in [1.54, 1.807) is 0 Å². The van der Waals surface area contributed by atoms with E-state index < -0.39 is 0 Å². The van der Waals surface area contributed by atoms with E-state index in [0.717, 1.165) is 24.5 Å². The maximum atomic E-state index is 3.65. The first-order chi connectivity index (χ1) is 7.27. The summed E-state index contributed by atoms with van der Waals surface area (Å²) in [6.45, 7) is 4.71. The van der Waals surface area contributed by atoms with Crippen LogP contribution in [-0.2, 0) is 0 Å². The summed E-state index contributed by atoms with van der Waals surface area (Å²) in [6, 6.07) is 1.59. The molecule has 1 saturated carbocycles. The van der Waals surface area contributed by atoms with Crippen molar-refractivity contribution < 1.29 is 0 Å². The molecule has 1 heterocycles. The van der Waals surface area contributed by atoms with Gasteiger partial charge in [0.1, 0.15) is 0 Å². The SMILES string of the molecule is CC(NCCN(C)C1CCSC1)C1CC1. The zero-order valence-electron chi connectivity index (χ0n) is 10.0. The van der Waals surface area contributed by atoms with Gasteiger partial charge in [0.05, 0.1) is 0 Å². The molecule has 15 heavy (non-hydrogen) atoms. The van der Waals surface area contributed by atoms with Gasteiger partial charge in [-0.2, -0.15) is 11.8 Å². The van der Waals surface area contributed by atoms with Gasteiger partial charge >= 0.3 is 0 Å². The van der Waals surface area contributed by atoms with Crippen LogP contribution in [0.3, 0.4) is 0 Å². The van der Waals surface area contributed by atoms with Gasteiger partial charge < -0.3 is 10.2 Å². The molecule has 0 aromatic carbocycles. The summed E-state index contributed by atoms with van der Waals surface area (Å²) in [4.78, 5) is 2.53. The maximum Gasteiger partial charge on any atom is 0.0191 e. The maximum absolute atomic E-state index is 3.65. The van der Waals surface area contributed by atoms with E-state index in [4.69, 9.17) is 0 Å². The number of hydrogen-bond donors (Lipinski definition) is 1. The third kappa shape index (κ3) is 3.65. The van der Waals surface area contributed by atoms with Crippen LogP contribution >= 0.6 is 11.8 Å². The first-order valence-electron chi connectivity index (χ1n) is 6.28. The molecular weight excluding hydrogens is 204 g/mol. The second-order valence-electron chi connectivity index (χ2n) is 5.08. The molecule has 1 N–H and O–H groups in total. The second kappa shape index (κ2) is 5.55. The quantitative estimate of drug-likeness (QED) is 0.746. The van der Waals surface area contributed by atoms with Gasteiger partial charge in [-0.25, -0.2) is 0 Å². The van der Waals surface area contributed by atoms with E-state index in [9.17, 15) is 0 Å². The molecule has 88 valence electrons. The Morgan fingerprint density at radius 2 is 2.20 bits per heavy atom. The monoisotopic (exact) mass is 228 g/mol. The third-order valence-corrected chi connectivity index (χ3v) is 4.93. The molecule has 1 aliphatic heterocycles. The van der Waals surface area contributed by atoms with Crippen LogP contribution in [-0.4, -0.2) is 48.6 Å². The van der Waals surface area contributed by atoms with Gasteiger partial charge in [0.15, 0.2) is 0 Å². The summed E-state index contributed by atoms with van der Waals surface area (Å²) in [5.41, 5.74) is 0. The molecule has 2 atom stereocenters. The zero-order valence-corrected chi connectivity index (χ0v) is 10.9. The predicted octanol–water partition coefficient (Wildman–Crippen LogP) is 1.81. The summed E-state index contributed by atoms with van der Waals surface area (Å²) in [5.74, 6) is 3.69. The Hall–Kier alpha value is 0.270. The summed E-state index contributed by atoms with van der Waals surface area (Å²) in [7, 11) is 2.28. The smallest absolute Gasteiger partial charge is 0.0191 e. The molecule has 2 aliphatic rings. The molecule has 0 amide bonds. The molecule has 1 saturated heterocycles. The van der Waals surface area contributed by atoms with Crippen molar-refractivity contribution in [1.82, 2.24) is 10.2 Å². The van der Waals surface area contributed by atoms with Crippen LogP contribution in [0.1, 0.15) is 26.2 Å². The van der Waals surface area contributed by atoms with Gasteiger partial charge in [0, 0.05) is 30.9 Å². The lowest BCUT2D eigenvalue weighted by molar-refractivity contribution is 0.257. The minimum absolute atomic E-state index is 0.747. The van der Waals surface area contributed by atoms with E-state index in [1.807, 2.05) is 0 Å². The highest BCUT2D eigenvalue weighted by Gasteiger charge is 2.27. The van der Waals surface area contributed by atoms with Crippen LogP contribution in [0.4, 0.5) is 0 Å². The average Bonchev–Trinajstić information content (AvgIpc) is 2.93. The predicted molar refractivity (Wildman–Crippen MR) is 68.5 cm³/mol. The van der Waals surface area contributed by atoms with Crippen molar-refractivity contribution in [1.29, 1.82) is 0 Å². The van der Waals surface area contributed by atoms with E-state index in [0.29, 0.717) is 0 Å². The van der Waals surface area contributed by atoms with E-state index in [2.05, 4.69) is 35.9 Å². The Morgan fingerprint density at radius 3 is 2.80 bits per heavy atom. The molecule has 0 aromatic heterocycles. The van der Waals surface area contributed by atoms with Crippen molar-refractivity contribution >= 4 is 11.8 Å². The van der Waals surface area contributed by atoms with Gasteiger partial charge in [-0.3, -0.25) is 0 Å². The van der Waals surface area contributed by atoms with Crippen molar-refractivity contribution in [3.05, 3.63) is 0 Å². The number of thioether (sulfide) groups is 1. The molecule has 0 bridgehead atoms.